The molecule has 4 rings (SSSR count). The highest BCUT2D eigenvalue weighted by Gasteiger charge is 2.19. The number of fused-ring (bicyclic) bond motifs is 1. The number of aromatic nitrogens is 4. The van der Waals surface area contributed by atoms with Gasteiger partial charge in [0, 0.05) is 18.3 Å². The molecule has 6 nitrogen and oxygen atoms in total. The maximum atomic E-state index is 12.8. The van der Waals surface area contributed by atoms with Crippen molar-refractivity contribution in [2.75, 3.05) is 0 Å². The topological polar surface area (TPSA) is 69.8 Å². The third-order valence-corrected chi connectivity index (χ3v) is 5.15. The average molecular weight is 385 g/mol. The summed E-state index contributed by atoms with van der Waals surface area (Å²) in [6.45, 7) is 0.280. The predicted molar refractivity (Wildman–Crippen MR) is 103 cm³/mol. The van der Waals surface area contributed by atoms with Gasteiger partial charge in [-0.3, -0.25) is 18.9 Å². The summed E-state index contributed by atoms with van der Waals surface area (Å²) in [5.41, 5.74) is 1.75. The second kappa shape index (κ2) is 6.51. The molecular weight excluding hydrogens is 372 g/mol. The van der Waals surface area contributed by atoms with Gasteiger partial charge in [-0.2, -0.15) is 4.37 Å². The number of rotatable bonds is 3. The van der Waals surface area contributed by atoms with Crippen molar-refractivity contribution in [2.24, 2.45) is 7.05 Å². The summed E-state index contributed by atoms with van der Waals surface area (Å²) in [7, 11) is 1.47. The van der Waals surface area contributed by atoms with Gasteiger partial charge in [-0.15, -0.1) is 0 Å². The van der Waals surface area contributed by atoms with Crippen LogP contribution in [0.5, 0.6) is 0 Å². The lowest BCUT2D eigenvalue weighted by molar-refractivity contribution is 0.675. The number of pyridine rings is 1. The first-order valence-corrected chi connectivity index (χ1v) is 8.96. The van der Waals surface area contributed by atoms with Gasteiger partial charge in [0.05, 0.1) is 17.8 Å². The molecule has 4 aromatic rings. The molecule has 0 aliphatic heterocycles. The van der Waals surface area contributed by atoms with Crippen molar-refractivity contribution in [3.05, 3.63) is 80.1 Å². The molecule has 0 fully saturated rings. The number of nitrogens with zero attached hydrogens (tertiary/aromatic N) is 4. The van der Waals surface area contributed by atoms with Crippen molar-refractivity contribution in [2.45, 2.75) is 6.54 Å². The number of halogens is 1. The van der Waals surface area contributed by atoms with Crippen LogP contribution in [0, 0.1) is 0 Å². The average Bonchev–Trinajstić information content (AvgIpc) is 3.09. The Labute approximate surface area is 157 Å². The lowest BCUT2D eigenvalue weighted by atomic mass is 10.2. The minimum absolute atomic E-state index is 0.280. The zero-order valence-corrected chi connectivity index (χ0v) is 15.3. The molecule has 26 heavy (non-hydrogen) atoms. The van der Waals surface area contributed by atoms with Gasteiger partial charge in [0.25, 0.3) is 5.56 Å². The van der Waals surface area contributed by atoms with Crippen LogP contribution in [-0.2, 0) is 13.6 Å². The van der Waals surface area contributed by atoms with Crippen LogP contribution in [0.2, 0.25) is 5.02 Å². The zero-order valence-electron chi connectivity index (χ0n) is 13.7. The van der Waals surface area contributed by atoms with Gasteiger partial charge in [0.15, 0.2) is 0 Å². The van der Waals surface area contributed by atoms with Crippen LogP contribution in [0.3, 0.4) is 0 Å². The fourth-order valence-electron chi connectivity index (χ4n) is 2.83. The van der Waals surface area contributed by atoms with E-state index in [0.29, 0.717) is 26.6 Å². The predicted octanol–water partition coefficient (Wildman–Crippen LogP) is 2.92. The summed E-state index contributed by atoms with van der Waals surface area (Å²) >= 11 is 7.15. The number of hydrogen-bond acceptors (Lipinski definition) is 5. The molecule has 0 saturated carbocycles. The molecule has 0 saturated heterocycles. The van der Waals surface area contributed by atoms with E-state index in [4.69, 9.17) is 11.6 Å². The van der Waals surface area contributed by atoms with Crippen LogP contribution >= 0.6 is 23.1 Å². The molecule has 0 aliphatic rings. The highest BCUT2D eigenvalue weighted by atomic mass is 35.5. The first-order chi connectivity index (χ1) is 12.6. The highest BCUT2D eigenvalue weighted by Crippen LogP contribution is 2.27. The van der Waals surface area contributed by atoms with Gasteiger partial charge in [-0.25, -0.2) is 4.79 Å². The lowest BCUT2D eigenvalue weighted by Gasteiger charge is -2.11. The molecule has 1 aromatic carbocycles. The van der Waals surface area contributed by atoms with E-state index in [1.165, 1.54) is 7.05 Å². The Morgan fingerprint density at radius 1 is 1.15 bits per heavy atom. The Morgan fingerprint density at radius 3 is 2.73 bits per heavy atom. The van der Waals surface area contributed by atoms with E-state index in [0.717, 1.165) is 21.7 Å². The van der Waals surface area contributed by atoms with E-state index < -0.39 is 5.69 Å². The van der Waals surface area contributed by atoms with Gasteiger partial charge in [-0.05, 0) is 41.4 Å². The summed E-state index contributed by atoms with van der Waals surface area (Å²) in [5, 5.41) is 0.588. The Morgan fingerprint density at radius 2 is 2.00 bits per heavy atom. The summed E-state index contributed by atoms with van der Waals surface area (Å²) in [5.74, 6) is 0. The van der Waals surface area contributed by atoms with Crippen molar-refractivity contribution in [3.8, 4) is 11.4 Å². The highest BCUT2D eigenvalue weighted by molar-refractivity contribution is 7.13. The summed E-state index contributed by atoms with van der Waals surface area (Å²) in [4.78, 5) is 29.7. The van der Waals surface area contributed by atoms with Crippen LogP contribution in [0.25, 0.3) is 21.6 Å². The molecule has 0 atom stereocenters. The van der Waals surface area contributed by atoms with Crippen molar-refractivity contribution in [1.29, 1.82) is 0 Å². The normalized spacial score (nSPS) is 11.2. The Bertz CT molecular complexity index is 1230. The third kappa shape index (κ3) is 2.75. The van der Waals surface area contributed by atoms with Gasteiger partial charge >= 0.3 is 5.69 Å². The van der Waals surface area contributed by atoms with Crippen LogP contribution in [0.4, 0.5) is 0 Å². The first kappa shape index (κ1) is 16.7. The fourth-order valence-corrected chi connectivity index (χ4v) is 3.91. The minimum Gasteiger partial charge on any atom is -0.286 e. The van der Waals surface area contributed by atoms with Gasteiger partial charge in [-0.1, -0.05) is 29.8 Å². The maximum Gasteiger partial charge on any atom is 0.331 e. The fraction of sp³-hybridized carbons (Fsp3) is 0.111. The SMILES string of the molecule is Cn1c(=O)c2snc(-c3ccccn3)c2n(Cc2cccc(Cl)c2)c1=O. The largest absolute Gasteiger partial charge is 0.331 e. The van der Waals surface area contributed by atoms with Gasteiger partial charge in [0.2, 0.25) is 0 Å². The van der Waals surface area contributed by atoms with E-state index in [2.05, 4.69) is 9.36 Å². The van der Waals surface area contributed by atoms with E-state index in [-0.39, 0.29) is 12.1 Å². The van der Waals surface area contributed by atoms with Gasteiger partial charge in [0.1, 0.15) is 10.4 Å². The Hall–Kier alpha value is -2.77. The van der Waals surface area contributed by atoms with Crippen LogP contribution < -0.4 is 11.2 Å². The van der Waals surface area contributed by atoms with Crippen molar-refractivity contribution in [3.63, 3.8) is 0 Å². The van der Waals surface area contributed by atoms with E-state index >= 15 is 0 Å². The number of hydrogen-bond donors (Lipinski definition) is 0. The Balaban J connectivity index is 2.03. The molecule has 0 bridgehead atoms. The third-order valence-electron chi connectivity index (χ3n) is 4.09. The molecule has 0 unspecified atom stereocenters. The van der Waals surface area contributed by atoms with E-state index in [1.807, 2.05) is 18.2 Å². The van der Waals surface area contributed by atoms with Crippen LogP contribution in [0.1, 0.15) is 5.56 Å². The monoisotopic (exact) mass is 384 g/mol. The van der Waals surface area contributed by atoms with Crippen LogP contribution in [0.15, 0.2) is 58.3 Å². The molecule has 8 heteroatoms. The first-order valence-electron chi connectivity index (χ1n) is 7.81. The van der Waals surface area contributed by atoms with Crippen molar-refractivity contribution < 1.29 is 0 Å². The minimum atomic E-state index is -0.403. The van der Waals surface area contributed by atoms with Crippen molar-refractivity contribution >= 4 is 33.4 Å². The lowest BCUT2D eigenvalue weighted by Crippen LogP contribution is -2.38. The molecule has 130 valence electrons. The molecule has 0 spiro atoms. The van der Waals surface area contributed by atoms with Crippen LogP contribution in [-0.4, -0.2) is 18.5 Å². The van der Waals surface area contributed by atoms with Crippen molar-refractivity contribution in [1.82, 2.24) is 18.5 Å². The summed E-state index contributed by atoms with van der Waals surface area (Å²) < 4.78 is 7.49. The molecule has 3 aromatic heterocycles. The molecule has 0 radical (unpaired) electrons. The standard InChI is InChI=1S/C18H13ClN4O2S/c1-22-17(24)16-15(14(21-26-16)13-7-2-3-8-20-13)23(18(22)25)10-11-5-4-6-12(19)9-11/h2-9H,10H2,1H3. The van der Waals surface area contributed by atoms with E-state index in [9.17, 15) is 9.59 Å². The van der Waals surface area contributed by atoms with Gasteiger partial charge < -0.3 is 0 Å². The summed E-state index contributed by atoms with van der Waals surface area (Å²) in [6.07, 6.45) is 1.65. The maximum absolute atomic E-state index is 12.8. The molecule has 0 N–H and O–H groups in total. The zero-order chi connectivity index (χ0) is 18.3. The molecule has 3 heterocycles. The molecular formula is C18H13ClN4O2S. The summed E-state index contributed by atoms with van der Waals surface area (Å²) in [6, 6.07) is 12.7. The second-order valence-corrected chi connectivity index (χ2v) is 7.00. The molecule has 0 amide bonds. The smallest absolute Gasteiger partial charge is 0.286 e. The number of benzene rings is 1. The second-order valence-electron chi connectivity index (χ2n) is 5.79. The Kier molecular flexibility index (Phi) is 4.18. The van der Waals surface area contributed by atoms with E-state index in [1.54, 1.807) is 35.0 Å². The molecule has 0 aliphatic carbocycles. The quantitative estimate of drug-likeness (QED) is 0.544.